The van der Waals surface area contributed by atoms with E-state index in [0.717, 1.165) is 111 Å². The van der Waals surface area contributed by atoms with Crippen LogP contribution in [0.5, 0.6) is 11.6 Å². The van der Waals surface area contributed by atoms with Gasteiger partial charge in [-0.15, -0.1) is 21.5 Å². The van der Waals surface area contributed by atoms with Gasteiger partial charge in [0.15, 0.2) is 11.6 Å². The van der Waals surface area contributed by atoms with Gasteiger partial charge < -0.3 is 50.0 Å². The van der Waals surface area contributed by atoms with Crippen LogP contribution in [0, 0.1) is 18.8 Å². The number of nitrogens with zero attached hydrogens (tertiary/aromatic N) is 8. The standard InChI is InChI=1S/C58H70N10O7S/c1-33(2)54(58(72)68-31-40(69)24-49(68)57(71)62-34(3)37-9-11-38(12-10-37)55-35(4)61-32-76-55)51-29-52(65-75-51)67-21-14-36(15-22-67)30-66-19-16-41(17-20-66)73-42-25-43(26-42)74-53-23-39(13-18-60-53)45-27-46(45)47-28-48(63-64-56(47)59)44-7-5-6-8-50(44)70/h5-13,18,23,28-29,32-34,36,40-43,45-46,49,54,69-70H,14-17,19-22,24-27,30-31H2,1-4H3,(H2,59,64)(H,62,71)/t34-,40+,42-,43-,45-,46+,49-,54+/m0/s1. The van der Waals surface area contributed by atoms with Gasteiger partial charge in [0.25, 0.3) is 0 Å². The van der Waals surface area contributed by atoms with Crippen molar-refractivity contribution in [1.29, 1.82) is 0 Å². The summed E-state index contributed by atoms with van der Waals surface area (Å²) in [6.45, 7) is 12.8. The number of para-hydroxylation sites is 1. The van der Waals surface area contributed by atoms with Gasteiger partial charge >= 0.3 is 0 Å². The zero-order valence-corrected chi connectivity index (χ0v) is 44.6. The van der Waals surface area contributed by atoms with Gasteiger partial charge in [-0.1, -0.05) is 55.4 Å². The van der Waals surface area contributed by atoms with Gasteiger partial charge in [-0.25, -0.2) is 9.97 Å². The highest BCUT2D eigenvalue weighted by atomic mass is 32.1. The van der Waals surface area contributed by atoms with E-state index in [0.29, 0.717) is 34.6 Å². The number of benzene rings is 2. The van der Waals surface area contributed by atoms with E-state index in [2.05, 4.69) is 52.6 Å². The van der Waals surface area contributed by atoms with E-state index in [9.17, 15) is 19.8 Å². The van der Waals surface area contributed by atoms with Crippen LogP contribution in [0.1, 0.15) is 124 Å². The van der Waals surface area contributed by atoms with Crippen molar-refractivity contribution in [1.82, 2.24) is 40.4 Å². The number of aliphatic hydroxyl groups excluding tert-OH is 1. The molecule has 0 bridgehead atoms. The molecule has 4 aromatic heterocycles. The van der Waals surface area contributed by atoms with Gasteiger partial charge in [0.1, 0.15) is 29.6 Å². The lowest BCUT2D eigenvalue weighted by Gasteiger charge is -2.41. The Bertz CT molecular complexity index is 2980. The average molecular weight is 1050 g/mol. The summed E-state index contributed by atoms with van der Waals surface area (Å²) in [6.07, 6.45) is 8.55. The number of carbonyl (C=O) groups is 2. The van der Waals surface area contributed by atoms with E-state index in [1.807, 2.05) is 87.9 Å². The number of pyridine rings is 1. The van der Waals surface area contributed by atoms with Crippen LogP contribution in [0.4, 0.5) is 11.6 Å². The van der Waals surface area contributed by atoms with Crippen molar-refractivity contribution < 1.29 is 33.8 Å². The molecule has 2 saturated carbocycles. The van der Waals surface area contributed by atoms with Gasteiger partial charge in [0.2, 0.25) is 17.7 Å². The minimum absolute atomic E-state index is 0.0835. The number of aryl methyl sites for hydroxylation is 1. The quantitative estimate of drug-likeness (QED) is 0.0674. The highest BCUT2D eigenvalue weighted by Crippen LogP contribution is 2.56. The van der Waals surface area contributed by atoms with Crippen molar-refractivity contribution in [3.8, 4) is 33.3 Å². The van der Waals surface area contributed by atoms with Crippen LogP contribution in [0.2, 0.25) is 0 Å². The molecule has 2 aliphatic carbocycles. The Balaban J connectivity index is 0.600. The van der Waals surface area contributed by atoms with Crippen LogP contribution in [0.3, 0.4) is 0 Å². The number of piperidine rings is 2. The van der Waals surface area contributed by atoms with Crippen LogP contribution in [-0.4, -0.2) is 127 Å². The number of thiazole rings is 1. The van der Waals surface area contributed by atoms with E-state index >= 15 is 0 Å². The van der Waals surface area contributed by atoms with E-state index in [-0.39, 0.29) is 72.6 Å². The van der Waals surface area contributed by atoms with Gasteiger partial charge in [0.05, 0.1) is 46.1 Å². The molecule has 18 heteroatoms. The molecule has 0 radical (unpaired) electrons. The second-order valence-corrected chi connectivity index (χ2v) is 23.0. The fraction of sp³-hybridized carbons (Fsp3) is 0.500. The molecule has 2 aromatic carbocycles. The minimum Gasteiger partial charge on any atom is -0.507 e. The molecule has 6 atom stereocenters. The molecule has 6 aromatic rings. The highest BCUT2D eigenvalue weighted by molar-refractivity contribution is 7.13. The molecule has 5 aliphatic rings. The van der Waals surface area contributed by atoms with E-state index in [1.54, 1.807) is 23.5 Å². The van der Waals surface area contributed by atoms with E-state index in [4.69, 9.17) is 19.7 Å². The fourth-order valence-corrected chi connectivity index (χ4v) is 12.8. The second kappa shape index (κ2) is 22.2. The Kier molecular flexibility index (Phi) is 15.1. The monoisotopic (exact) mass is 1050 g/mol. The maximum absolute atomic E-state index is 14.4. The number of β-amino-alcohol motifs (C(OH)–C–C–N with tert-alkyl or cyclic N) is 1. The number of nitrogens with one attached hydrogen (secondary N) is 1. The highest BCUT2D eigenvalue weighted by Gasteiger charge is 2.45. The number of likely N-dealkylation sites (tertiary alicyclic amines) is 2. The first-order valence-corrected chi connectivity index (χ1v) is 28.1. The average Bonchev–Trinajstić information content (AvgIpc) is 3.63. The fourth-order valence-electron chi connectivity index (χ4n) is 12.0. The molecule has 17 nitrogen and oxygen atoms in total. The number of phenolic OH excluding ortho intramolecular Hbond substituents is 1. The number of phenols is 1. The Morgan fingerprint density at radius 1 is 0.882 bits per heavy atom. The van der Waals surface area contributed by atoms with Crippen molar-refractivity contribution in [3.63, 3.8) is 0 Å². The zero-order valence-electron chi connectivity index (χ0n) is 43.8. The second-order valence-electron chi connectivity index (χ2n) is 22.2. The molecule has 7 heterocycles. The van der Waals surface area contributed by atoms with Crippen molar-refractivity contribution in [2.45, 2.75) is 133 Å². The molecule has 3 aliphatic heterocycles. The number of aliphatic hydroxyl groups is 1. The normalized spacial score (nSPS) is 24.1. The number of amides is 2. The van der Waals surface area contributed by atoms with Crippen molar-refractivity contribution in [3.05, 3.63) is 113 Å². The van der Waals surface area contributed by atoms with Crippen LogP contribution >= 0.6 is 11.3 Å². The zero-order chi connectivity index (χ0) is 52.6. The third kappa shape index (κ3) is 11.3. The number of nitrogens with two attached hydrogens (primary N) is 1. The molecule has 3 saturated heterocycles. The summed E-state index contributed by atoms with van der Waals surface area (Å²) < 4.78 is 18.9. The third-order valence-corrected chi connectivity index (χ3v) is 17.5. The molecule has 76 heavy (non-hydrogen) atoms. The summed E-state index contributed by atoms with van der Waals surface area (Å²) in [6, 6.07) is 22.1. The van der Waals surface area contributed by atoms with Crippen LogP contribution < -0.4 is 20.7 Å². The van der Waals surface area contributed by atoms with Crippen LogP contribution in [0.15, 0.2) is 89.0 Å². The van der Waals surface area contributed by atoms with Gasteiger partial charge in [-0.3, -0.25) is 9.59 Å². The molecule has 5 fully saturated rings. The van der Waals surface area contributed by atoms with Crippen LogP contribution in [0.25, 0.3) is 21.7 Å². The summed E-state index contributed by atoms with van der Waals surface area (Å²) in [5, 5.41) is 37.2. The topological polar surface area (TPSA) is 218 Å². The first-order chi connectivity index (χ1) is 36.8. The first-order valence-electron chi connectivity index (χ1n) is 27.2. The molecule has 0 spiro atoms. The number of carbonyl (C=O) groups excluding carboxylic acids is 2. The summed E-state index contributed by atoms with van der Waals surface area (Å²) >= 11 is 1.60. The van der Waals surface area contributed by atoms with Crippen molar-refractivity contribution in [2.75, 3.05) is 49.9 Å². The van der Waals surface area contributed by atoms with Gasteiger partial charge in [-0.2, -0.15) is 0 Å². The summed E-state index contributed by atoms with van der Waals surface area (Å²) in [4.78, 5) is 44.6. The smallest absolute Gasteiger partial charge is 0.243 e. The maximum Gasteiger partial charge on any atom is 0.243 e. The van der Waals surface area contributed by atoms with E-state index in [1.165, 1.54) is 10.5 Å². The Hall–Kier alpha value is -6.47. The molecular weight excluding hydrogens is 981 g/mol. The summed E-state index contributed by atoms with van der Waals surface area (Å²) in [7, 11) is 0. The molecule has 0 unspecified atom stereocenters. The lowest BCUT2D eigenvalue weighted by molar-refractivity contribution is -0.141. The first kappa shape index (κ1) is 51.6. The maximum atomic E-state index is 14.4. The number of aromatic nitrogens is 5. The SMILES string of the molecule is Cc1ncsc1-c1ccc([C@H](C)NC(=O)[C@@H]2C[C@@H](O)CN2C(=O)[C@@H](c2cc(N3CCC(CN4CCC(O[C@H]5C[C@H](Oc6cc([C@@H]7C[C@H]7c7cc(-c8ccccc8O)nnc7N)ccn6)C5)CC4)CC3)no2)C(C)C)cc1. The van der Waals surface area contributed by atoms with E-state index < -0.39 is 18.1 Å². The number of rotatable bonds is 17. The molecular formula is C58H70N10O7S. The van der Waals surface area contributed by atoms with Crippen molar-refractivity contribution >= 4 is 34.8 Å². The summed E-state index contributed by atoms with van der Waals surface area (Å²) in [5.74, 6) is 2.21. The van der Waals surface area contributed by atoms with Crippen molar-refractivity contribution in [2.24, 2.45) is 11.8 Å². The minimum atomic E-state index is -0.802. The predicted molar refractivity (Wildman–Crippen MR) is 290 cm³/mol. The lowest BCUT2D eigenvalue weighted by Crippen LogP contribution is -2.48. The lowest BCUT2D eigenvalue weighted by atomic mass is 9.91. The number of aromatic hydroxyl groups is 1. The Morgan fingerprint density at radius 2 is 1.66 bits per heavy atom. The van der Waals surface area contributed by atoms with Gasteiger partial charge in [0, 0.05) is 88.0 Å². The molecule has 2 amide bonds. The number of ether oxygens (including phenoxy) is 2. The largest absolute Gasteiger partial charge is 0.507 e. The Morgan fingerprint density at radius 3 is 2.39 bits per heavy atom. The summed E-state index contributed by atoms with van der Waals surface area (Å²) in [5.41, 5.74) is 14.5. The number of nitrogen functional groups attached to an aromatic ring is 1. The predicted octanol–water partition coefficient (Wildman–Crippen LogP) is 8.40. The molecule has 400 valence electrons. The molecule has 5 N–H and O–H groups in total. The van der Waals surface area contributed by atoms with Gasteiger partial charge in [-0.05, 0) is 111 Å². The number of hydrogen-bond donors (Lipinski definition) is 4. The molecule has 11 rings (SSSR count). The Labute approximate surface area is 448 Å². The third-order valence-electron chi connectivity index (χ3n) is 16.5. The van der Waals surface area contributed by atoms with Crippen LogP contribution in [-0.2, 0) is 14.3 Å². The number of hydrogen-bond acceptors (Lipinski definition) is 16. The number of anilines is 2.